The lowest BCUT2D eigenvalue weighted by molar-refractivity contribution is -0.113. The maximum Gasteiger partial charge on any atom is 0.353 e. The van der Waals surface area contributed by atoms with Gasteiger partial charge in [0.25, 0.3) is 5.91 Å². The number of hydrogen-bond donors (Lipinski definition) is 0. The molecule has 1 aliphatic heterocycles. The summed E-state index contributed by atoms with van der Waals surface area (Å²) in [6.07, 6.45) is 1.72. The van der Waals surface area contributed by atoms with Crippen molar-refractivity contribution in [3.8, 4) is 11.5 Å². The highest BCUT2D eigenvalue weighted by atomic mass is 79.9. The van der Waals surface area contributed by atoms with Gasteiger partial charge in [-0.3, -0.25) is 9.69 Å². The summed E-state index contributed by atoms with van der Waals surface area (Å²) in [6.45, 7) is 0. The molecule has 2 aromatic carbocycles. The Balaban J connectivity index is 1.62. The van der Waals surface area contributed by atoms with Gasteiger partial charge in [-0.05, 0) is 75.4 Å². The van der Waals surface area contributed by atoms with Gasteiger partial charge in [0.15, 0.2) is 15.8 Å². The van der Waals surface area contributed by atoms with Gasteiger partial charge >= 0.3 is 5.97 Å². The molecular formula is C22H13BrClNO4S3. The monoisotopic (exact) mass is 565 g/mol. The summed E-state index contributed by atoms with van der Waals surface area (Å²) in [5.41, 5.74) is 1.33. The minimum atomic E-state index is -0.476. The standard InChI is InChI=1S/C22H13BrClNO4S3/c1-28-16-10-12(9-15(23)19(16)29-21(27)17-3-2-8-31-17)11-18-20(26)25(22(30)32-18)14-6-4-13(24)5-7-14/h2-11H,1H3/b18-11+. The molecule has 1 saturated heterocycles. The van der Waals surface area contributed by atoms with Gasteiger partial charge in [0.1, 0.15) is 4.88 Å². The summed E-state index contributed by atoms with van der Waals surface area (Å²) < 4.78 is 11.9. The van der Waals surface area contributed by atoms with E-state index in [0.717, 1.165) is 0 Å². The zero-order valence-electron chi connectivity index (χ0n) is 16.3. The average Bonchev–Trinajstić information content (AvgIpc) is 3.39. The third-order valence-corrected chi connectivity index (χ3v) is 7.34. The largest absolute Gasteiger partial charge is 0.493 e. The summed E-state index contributed by atoms with van der Waals surface area (Å²) in [5.74, 6) is -0.0957. The molecule has 3 aromatic rings. The number of anilines is 1. The maximum atomic E-state index is 13.0. The first-order valence-corrected chi connectivity index (χ1v) is 12.3. The minimum Gasteiger partial charge on any atom is -0.493 e. The molecule has 0 radical (unpaired) electrons. The minimum absolute atomic E-state index is 0.231. The number of halogens is 2. The van der Waals surface area contributed by atoms with Crippen LogP contribution in [-0.2, 0) is 4.79 Å². The molecule has 5 nitrogen and oxygen atoms in total. The molecule has 2 heterocycles. The Morgan fingerprint density at radius 1 is 1.22 bits per heavy atom. The van der Waals surface area contributed by atoms with Gasteiger partial charge in [-0.1, -0.05) is 41.6 Å². The predicted octanol–water partition coefficient (Wildman–Crippen LogP) is 6.80. The van der Waals surface area contributed by atoms with E-state index >= 15 is 0 Å². The lowest BCUT2D eigenvalue weighted by atomic mass is 10.1. The molecule has 1 fully saturated rings. The van der Waals surface area contributed by atoms with E-state index in [1.165, 1.54) is 35.1 Å². The summed E-state index contributed by atoms with van der Waals surface area (Å²) in [5, 5.41) is 2.37. The fourth-order valence-electron chi connectivity index (χ4n) is 2.89. The Bertz CT molecular complexity index is 1240. The number of amides is 1. The first-order valence-electron chi connectivity index (χ1n) is 9.04. The number of thiophene rings is 1. The number of methoxy groups -OCH3 is 1. The second kappa shape index (κ2) is 9.76. The van der Waals surface area contributed by atoms with Crippen LogP contribution >= 0.6 is 62.8 Å². The molecule has 0 spiro atoms. The van der Waals surface area contributed by atoms with Crippen LogP contribution in [0.5, 0.6) is 11.5 Å². The van der Waals surface area contributed by atoms with Crippen LogP contribution in [0, 0.1) is 0 Å². The second-order valence-electron chi connectivity index (χ2n) is 6.39. The van der Waals surface area contributed by atoms with E-state index in [4.69, 9.17) is 33.3 Å². The van der Waals surface area contributed by atoms with Crippen molar-refractivity contribution < 1.29 is 19.1 Å². The van der Waals surface area contributed by atoms with Gasteiger partial charge in [0, 0.05) is 5.02 Å². The van der Waals surface area contributed by atoms with Gasteiger partial charge in [-0.15, -0.1) is 11.3 Å². The smallest absolute Gasteiger partial charge is 0.353 e. The predicted molar refractivity (Wildman–Crippen MR) is 137 cm³/mol. The number of hydrogen-bond acceptors (Lipinski definition) is 7. The second-order valence-corrected chi connectivity index (χ2v) is 10.3. The lowest BCUT2D eigenvalue weighted by Crippen LogP contribution is -2.27. The van der Waals surface area contributed by atoms with Gasteiger partial charge in [-0.2, -0.15) is 0 Å². The number of thiocarbonyl (C=S) groups is 1. The molecule has 1 aliphatic rings. The van der Waals surface area contributed by atoms with Gasteiger partial charge in [-0.25, -0.2) is 4.79 Å². The van der Waals surface area contributed by atoms with E-state index in [1.807, 2.05) is 0 Å². The van der Waals surface area contributed by atoms with Crippen LogP contribution in [0.4, 0.5) is 5.69 Å². The zero-order valence-corrected chi connectivity index (χ0v) is 21.1. The highest BCUT2D eigenvalue weighted by molar-refractivity contribution is 9.10. The zero-order chi connectivity index (χ0) is 22.8. The molecule has 0 N–H and O–H groups in total. The van der Waals surface area contributed by atoms with E-state index in [1.54, 1.807) is 60.0 Å². The van der Waals surface area contributed by atoms with Crippen LogP contribution in [0.3, 0.4) is 0 Å². The van der Waals surface area contributed by atoms with E-state index in [-0.39, 0.29) is 11.7 Å². The van der Waals surface area contributed by atoms with Crippen molar-refractivity contribution in [3.63, 3.8) is 0 Å². The quantitative estimate of drug-likeness (QED) is 0.147. The summed E-state index contributed by atoms with van der Waals surface area (Å²) in [6, 6.07) is 13.8. The van der Waals surface area contributed by atoms with Crippen molar-refractivity contribution in [1.29, 1.82) is 0 Å². The van der Waals surface area contributed by atoms with Crippen molar-refractivity contribution in [2.24, 2.45) is 0 Å². The Labute approximate surface area is 211 Å². The molecule has 1 amide bonds. The average molecular weight is 567 g/mol. The number of nitrogens with zero attached hydrogens (tertiary/aromatic N) is 1. The van der Waals surface area contributed by atoms with Crippen LogP contribution in [0.15, 0.2) is 63.3 Å². The first kappa shape index (κ1) is 23.0. The number of esters is 1. The van der Waals surface area contributed by atoms with E-state index < -0.39 is 5.97 Å². The Hall–Kier alpha value is -2.17. The van der Waals surface area contributed by atoms with Crippen molar-refractivity contribution in [2.75, 3.05) is 12.0 Å². The topological polar surface area (TPSA) is 55.8 Å². The van der Waals surface area contributed by atoms with Crippen molar-refractivity contribution in [1.82, 2.24) is 0 Å². The Kier molecular flexibility index (Phi) is 7.02. The van der Waals surface area contributed by atoms with Crippen molar-refractivity contribution >= 4 is 90.8 Å². The van der Waals surface area contributed by atoms with Crippen molar-refractivity contribution in [3.05, 3.63) is 78.8 Å². The Morgan fingerprint density at radius 2 is 1.97 bits per heavy atom. The molecule has 162 valence electrons. The van der Waals surface area contributed by atoms with Crippen LogP contribution in [0.2, 0.25) is 5.02 Å². The van der Waals surface area contributed by atoms with Crippen molar-refractivity contribution in [2.45, 2.75) is 0 Å². The molecule has 32 heavy (non-hydrogen) atoms. The van der Waals surface area contributed by atoms with Crippen LogP contribution < -0.4 is 14.4 Å². The van der Waals surface area contributed by atoms with Gasteiger partial charge in [0.2, 0.25) is 0 Å². The number of benzene rings is 2. The third-order valence-electron chi connectivity index (χ3n) is 4.35. The molecule has 4 rings (SSSR count). The van der Waals surface area contributed by atoms with Crippen LogP contribution in [0.25, 0.3) is 6.08 Å². The summed E-state index contributed by atoms with van der Waals surface area (Å²) >= 11 is 17.3. The van der Waals surface area contributed by atoms with Gasteiger partial charge < -0.3 is 9.47 Å². The maximum absolute atomic E-state index is 13.0. The number of carbonyl (C=O) groups excluding carboxylic acids is 2. The normalized spacial score (nSPS) is 14.8. The molecule has 0 aliphatic carbocycles. The SMILES string of the molecule is COc1cc(/C=C2/SC(=S)N(c3ccc(Cl)cc3)C2=O)cc(Br)c1OC(=O)c1cccs1. The molecule has 0 unspecified atom stereocenters. The summed E-state index contributed by atoms with van der Waals surface area (Å²) in [4.78, 5) is 27.8. The molecule has 10 heteroatoms. The lowest BCUT2D eigenvalue weighted by Gasteiger charge is -2.14. The number of ether oxygens (including phenoxy) is 2. The fourth-order valence-corrected chi connectivity index (χ4v) is 5.46. The van der Waals surface area contributed by atoms with E-state index in [9.17, 15) is 9.59 Å². The highest BCUT2D eigenvalue weighted by Crippen LogP contribution is 2.40. The molecule has 1 aromatic heterocycles. The molecule has 0 saturated carbocycles. The number of thioether (sulfide) groups is 1. The summed E-state index contributed by atoms with van der Waals surface area (Å²) in [7, 11) is 1.48. The fraction of sp³-hybridized carbons (Fsp3) is 0.0455. The van der Waals surface area contributed by atoms with E-state index in [2.05, 4.69) is 15.9 Å². The van der Waals surface area contributed by atoms with Crippen LogP contribution in [-0.4, -0.2) is 23.3 Å². The molecular weight excluding hydrogens is 554 g/mol. The molecule has 0 atom stereocenters. The van der Waals surface area contributed by atoms with E-state index in [0.29, 0.717) is 40.6 Å². The first-order chi connectivity index (χ1) is 15.4. The number of rotatable bonds is 5. The highest BCUT2D eigenvalue weighted by Gasteiger charge is 2.33. The van der Waals surface area contributed by atoms with Gasteiger partial charge in [0.05, 0.1) is 22.2 Å². The number of carbonyl (C=O) groups is 2. The van der Waals surface area contributed by atoms with Crippen LogP contribution in [0.1, 0.15) is 15.2 Å². The molecule has 0 bridgehead atoms. The Morgan fingerprint density at radius 3 is 2.62 bits per heavy atom. The third kappa shape index (κ3) is 4.77.